The Balaban J connectivity index is 0.996. The summed E-state index contributed by atoms with van der Waals surface area (Å²) < 4.78 is 48.4. The number of rotatable bonds is 7. The summed E-state index contributed by atoms with van der Waals surface area (Å²) in [4.78, 5) is 6.54. The van der Waals surface area contributed by atoms with Crippen LogP contribution in [-0.2, 0) is 19.8 Å². The minimum absolute atomic E-state index is 0.00272. The van der Waals surface area contributed by atoms with Crippen LogP contribution in [0.4, 0.5) is 13.2 Å². The van der Waals surface area contributed by atoms with Crippen LogP contribution in [0.1, 0.15) is 80.9 Å². The minimum atomic E-state index is -4.44. The molecule has 0 aromatic carbocycles. The van der Waals surface area contributed by atoms with E-state index in [4.69, 9.17) is 4.74 Å². The van der Waals surface area contributed by atoms with E-state index in [1.165, 1.54) is 50.8 Å². The predicted molar refractivity (Wildman–Crippen MR) is 144 cm³/mol. The topological polar surface area (TPSA) is 71.4 Å². The zero-order chi connectivity index (χ0) is 27.7. The third-order valence-electron chi connectivity index (χ3n) is 9.11. The van der Waals surface area contributed by atoms with Gasteiger partial charge in [-0.1, -0.05) is 4.68 Å². The summed E-state index contributed by atoms with van der Waals surface area (Å²) in [6.45, 7) is 2.58. The van der Waals surface area contributed by atoms with Crippen LogP contribution in [0.5, 0.6) is 5.88 Å². The lowest BCUT2D eigenvalue weighted by Crippen LogP contribution is -2.46. The van der Waals surface area contributed by atoms with E-state index in [0.717, 1.165) is 55.9 Å². The molecule has 6 rings (SSSR count). The highest BCUT2D eigenvalue weighted by molar-refractivity contribution is 5.80. The van der Waals surface area contributed by atoms with Crippen molar-refractivity contribution >= 4 is 12.4 Å². The highest BCUT2D eigenvalue weighted by Crippen LogP contribution is 2.38. The number of halogens is 3. The first-order valence-corrected chi connectivity index (χ1v) is 14.5. The van der Waals surface area contributed by atoms with Crippen molar-refractivity contribution in [2.45, 2.75) is 82.5 Å². The Morgan fingerprint density at radius 3 is 2.48 bits per heavy atom. The zero-order valence-corrected chi connectivity index (χ0v) is 22.9. The smallest absolute Gasteiger partial charge is 0.416 e. The minimum Gasteiger partial charge on any atom is -0.469 e. The van der Waals surface area contributed by atoms with E-state index in [1.807, 2.05) is 22.5 Å². The number of likely N-dealkylation sites (tertiary alicyclic amines) is 1. The molecule has 3 fully saturated rings. The lowest BCUT2D eigenvalue weighted by molar-refractivity contribution is -0.455. The van der Waals surface area contributed by atoms with E-state index in [1.54, 1.807) is 0 Å². The molecule has 0 unspecified atom stereocenters. The summed E-state index contributed by atoms with van der Waals surface area (Å²) >= 11 is 0. The number of allylic oxidation sites excluding steroid dienone is 1. The van der Waals surface area contributed by atoms with Crippen molar-refractivity contribution in [2.75, 3.05) is 13.1 Å². The maximum absolute atomic E-state index is 13.0. The molecule has 2 aliphatic carbocycles. The fourth-order valence-corrected chi connectivity index (χ4v) is 6.53. The van der Waals surface area contributed by atoms with Crippen LogP contribution < -0.4 is 4.74 Å². The van der Waals surface area contributed by atoms with E-state index < -0.39 is 11.7 Å². The molecule has 214 valence electrons. The van der Waals surface area contributed by atoms with Crippen LogP contribution in [-0.4, -0.2) is 60.9 Å². The summed E-state index contributed by atoms with van der Waals surface area (Å²) in [7, 11) is 1.89. The summed E-state index contributed by atoms with van der Waals surface area (Å²) in [5.74, 6) is 2.76. The van der Waals surface area contributed by atoms with Gasteiger partial charge in [-0.2, -0.15) is 13.2 Å². The fourth-order valence-electron chi connectivity index (χ4n) is 6.53. The van der Waals surface area contributed by atoms with E-state index in [2.05, 4.69) is 37.6 Å². The van der Waals surface area contributed by atoms with Gasteiger partial charge in [-0.3, -0.25) is 0 Å². The zero-order valence-electron chi connectivity index (χ0n) is 22.9. The maximum atomic E-state index is 13.0. The third kappa shape index (κ3) is 5.99. The molecule has 2 saturated carbocycles. The Kier molecular flexibility index (Phi) is 7.74. The van der Waals surface area contributed by atoms with Crippen LogP contribution in [0, 0.1) is 11.8 Å². The molecule has 0 radical (unpaired) electrons. The molecule has 2 aromatic rings. The Hall–Kier alpha value is -3.08. The lowest BCUT2D eigenvalue weighted by atomic mass is 9.78. The van der Waals surface area contributed by atoms with Gasteiger partial charge in [0.05, 0.1) is 5.56 Å². The average molecular weight is 557 g/mol. The Morgan fingerprint density at radius 2 is 1.77 bits per heavy atom. The van der Waals surface area contributed by atoms with E-state index >= 15 is 0 Å². The molecule has 8 nitrogen and oxygen atoms in total. The fraction of sp³-hybridized carbons (Fsp3) is 0.621. The molecule has 0 amide bonds. The van der Waals surface area contributed by atoms with Crippen LogP contribution in [0.3, 0.4) is 0 Å². The highest BCUT2D eigenvalue weighted by Gasteiger charge is 2.33. The quantitative estimate of drug-likeness (QED) is 0.432. The van der Waals surface area contributed by atoms with Crippen molar-refractivity contribution in [3.05, 3.63) is 47.3 Å². The summed E-state index contributed by atoms with van der Waals surface area (Å²) in [6, 6.07) is 2.62. The van der Waals surface area contributed by atoms with Gasteiger partial charge >= 0.3 is 6.18 Å². The van der Waals surface area contributed by atoms with Crippen molar-refractivity contribution in [1.82, 2.24) is 24.6 Å². The largest absolute Gasteiger partial charge is 0.469 e. The second-order valence-corrected chi connectivity index (χ2v) is 11.6. The summed E-state index contributed by atoms with van der Waals surface area (Å²) in [5, 5.41) is 13.3. The van der Waals surface area contributed by atoms with Gasteiger partial charge in [0.2, 0.25) is 12.1 Å². The van der Waals surface area contributed by atoms with Crippen molar-refractivity contribution < 1.29 is 22.6 Å². The molecule has 4 aliphatic rings. The van der Waals surface area contributed by atoms with Gasteiger partial charge in [0, 0.05) is 42.8 Å². The number of hydrazone groups is 1. The number of ether oxygens (including phenoxy) is 1. The van der Waals surface area contributed by atoms with Gasteiger partial charge in [0.25, 0.3) is 0 Å². The van der Waals surface area contributed by atoms with E-state index in [9.17, 15) is 13.2 Å². The molecule has 2 aliphatic heterocycles. The van der Waals surface area contributed by atoms with Crippen LogP contribution in [0.25, 0.3) is 0 Å². The molecule has 0 atom stereocenters. The van der Waals surface area contributed by atoms with Gasteiger partial charge in [-0.15, -0.1) is 10.2 Å². The normalized spacial score (nSPS) is 28.5. The molecule has 0 bridgehead atoms. The Labute approximate surface area is 232 Å². The molecule has 11 heteroatoms. The summed E-state index contributed by atoms with van der Waals surface area (Å²) in [6.07, 6.45) is 13.8. The summed E-state index contributed by atoms with van der Waals surface area (Å²) in [5.41, 5.74) is 0.519. The van der Waals surface area contributed by atoms with Gasteiger partial charge in [0.1, 0.15) is 18.6 Å². The monoisotopic (exact) mass is 556 g/mol. The molecular formula is C29H37F3N7O+. The number of pyridine rings is 1. The SMILES string of the molecule is Cn1c(COc2cc(C(F)(F)F)ccn2)nnc1C1CCC(C2=C/[N+](=C/C3CCC(N4CCC4)CC3)N=C2)CC1. The van der Waals surface area contributed by atoms with E-state index in [0.29, 0.717) is 17.7 Å². The highest BCUT2D eigenvalue weighted by atomic mass is 19.4. The number of aromatic nitrogens is 4. The molecule has 0 N–H and O–H groups in total. The first kappa shape index (κ1) is 27.1. The van der Waals surface area contributed by atoms with E-state index in [-0.39, 0.29) is 18.4 Å². The molecule has 4 heterocycles. The molecular weight excluding hydrogens is 519 g/mol. The van der Waals surface area contributed by atoms with Crippen LogP contribution in [0.2, 0.25) is 0 Å². The number of alkyl halides is 3. The third-order valence-corrected chi connectivity index (χ3v) is 9.11. The second-order valence-electron chi connectivity index (χ2n) is 11.6. The van der Waals surface area contributed by atoms with Gasteiger partial charge in [-0.25, -0.2) is 4.98 Å². The van der Waals surface area contributed by atoms with Crippen molar-refractivity contribution in [2.24, 2.45) is 24.0 Å². The van der Waals surface area contributed by atoms with Gasteiger partial charge in [-0.05, 0) is 88.0 Å². The maximum Gasteiger partial charge on any atom is 0.416 e. The molecule has 0 spiro atoms. The van der Waals surface area contributed by atoms with Gasteiger partial charge in [0.15, 0.2) is 12.0 Å². The molecule has 2 aromatic heterocycles. The molecule has 40 heavy (non-hydrogen) atoms. The Morgan fingerprint density at radius 1 is 1.02 bits per heavy atom. The lowest BCUT2D eigenvalue weighted by Gasteiger charge is -2.41. The second kappa shape index (κ2) is 11.4. The first-order valence-electron chi connectivity index (χ1n) is 14.5. The number of nitrogens with zero attached hydrogens (tertiary/aromatic N) is 7. The van der Waals surface area contributed by atoms with Crippen LogP contribution >= 0.6 is 0 Å². The molecule has 1 saturated heterocycles. The average Bonchev–Trinajstić information content (AvgIpc) is 3.54. The first-order chi connectivity index (χ1) is 19.3. The van der Waals surface area contributed by atoms with Crippen molar-refractivity contribution in [3.8, 4) is 5.88 Å². The Bertz CT molecular complexity index is 1280. The standard InChI is InChI=1S/C29H37F3N7O/c1-37-26(19-40-27-15-24(11-12-33-27)29(30,31)32)35-36-28(37)22-7-5-21(6-8-22)23-16-34-39(18-23)17-20-3-9-25(10-4-20)38-13-2-14-38/h11-12,15-18,20-22,25H,2-10,13-14,19H2,1H3/q+1/b39-17-. The number of hydrogen-bond acceptors (Lipinski definition) is 6. The van der Waals surface area contributed by atoms with Crippen molar-refractivity contribution in [3.63, 3.8) is 0 Å². The van der Waals surface area contributed by atoms with Crippen molar-refractivity contribution in [1.29, 1.82) is 0 Å². The van der Waals surface area contributed by atoms with Crippen LogP contribution in [0.15, 0.2) is 35.2 Å². The predicted octanol–water partition coefficient (Wildman–Crippen LogP) is 5.31. The number of hydrogen-bond donors (Lipinski definition) is 0. The van der Waals surface area contributed by atoms with Gasteiger partial charge < -0.3 is 14.2 Å².